The van der Waals surface area contributed by atoms with E-state index < -0.39 is 11.2 Å². The van der Waals surface area contributed by atoms with Gasteiger partial charge in [-0.3, -0.25) is 9.59 Å². The van der Waals surface area contributed by atoms with Crippen molar-refractivity contribution in [3.05, 3.63) is 39.5 Å². The summed E-state index contributed by atoms with van der Waals surface area (Å²) in [6, 6.07) is 7.58. The summed E-state index contributed by atoms with van der Waals surface area (Å²) in [5.74, 6) is 0.273. The first kappa shape index (κ1) is 17.5. The molecular formula is C17H17N3O3S2. The minimum Gasteiger partial charge on any atom is -0.497 e. The van der Waals surface area contributed by atoms with Crippen molar-refractivity contribution in [3.63, 3.8) is 0 Å². The molecule has 0 bridgehead atoms. The molecule has 0 aliphatic rings. The summed E-state index contributed by atoms with van der Waals surface area (Å²) in [4.78, 5) is 32.8. The summed E-state index contributed by atoms with van der Waals surface area (Å²) in [5, 5.41) is 0.466. The van der Waals surface area contributed by atoms with Crippen molar-refractivity contribution in [3.8, 4) is 16.9 Å². The zero-order chi connectivity index (χ0) is 18.1. The lowest BCUT2D eigenvalue weighted by molar-refractivity contribution is -0.117. The van der Waals surface area contributed by atoms with E-state index >= 15 is 0 Å². The number of nitrogens with two attached hydrogens (primary N) is 1. The summed E-state index contributed by atoms with van der Waals surface area (Å²) in [6.45, 7) is 3.64. The predicted molar refractivity (Wildman–Crippen MR) is 101 cm³/mol. The molecule has 0 radical (unpaired) electrons. The lowest BCUT2D eigenvalue weighted by atomic mass is 10.0. The maximum Gasteiger partial charge on any atom is 0.260 e. The van der Waals surface area contributed by atoms with Crippen LogP contribution in [0, 0.1) is 6.92 Å². The number of carbonyl (C=O) groups is 1. The summed E-state index contributed by atoms with van der Waals surface area (Å²) in [7, 11) is 1.61. The number of methoxy groups -OCH3 is 1. The number of benzene rings is 1. The van der Waals surface area contributed by atoms with Gasteiger partial charge in [0.2, 0.25) is 5.91 Å². The second-order valence-electron chi connectivity index (χ2n) is 5.48. The summed E-state index contributed by atoms with van der Waals surface area (Å²) >= 11 is 2.59. The molecule has 1 aromatic carbocycles. The van der Waals surface area contributed by atoms with Crippen LogP contribution < -0.4 is 16.0 Å². The largest absolute Gasteiger partial charge is 0.497 e. The van der Waals surface area contributed by atoms with Crippen LogP contribution in [0.1, 0.15) is 11.8 Å². The Morgan fingerprint density at radius 2 is 2.20 bits per heavy atom. The van der Waals surface area contributed by atoms with E-state index in [1.54, 1.807) is 14.0 Å². The molecule has 8 heteroatoms. The minimum atomic E-state index is -0.473. The number of carbonyl (C=O) groups excluding carboxylic acids is 1. The molecule has 1 atom stereocenters. The highest BCUT2D eigenvalue weighted by Gasteiger charge is 2.19. The van der Waals surface area contributed by atoms with Crippen molar-refractivity contribution in [2.75, 3.05) is 7.11 Å². The highest BCUT2D eigenvalue weighted by atomic mass is 32.2. The van der Waals surface area contributed by atoms with Crippen LogP contribution in [0.15, 0.2) is 34.2 Å². The Labute approximate surface area is 152 Å². The second-order valence-corrected chi connectivity index (χ2v) is 8.01. The fourth-order valence-corrected chi connectivity index (χ4v) is 4.36. The van der Waals surface area contributed by atoms with Crippen molar-refractivity contribution in [2.45, 2.75) is 24.3 Å². The van der Waals surface area contributed by atoms with Gasteiger partial charge >= 0.3 is 0 Å². The van der Waals surface area contributed by atoms with Crippen LogP contribution in [0.2, 0.25) is 0 Å². The average Bonchev–Trinajstić information content (AvgIpc) is 2.91. The van der Waals surface area contributed by atoms with E-state index in [0.717, 1.165) is 33.5 Å². The van der Waals surface area contributed by atoms with Crippen LogP contribution in [0.3, 0.4) is 0 Å². The van der Waals surface area contributed by atoms with Gasteiger partial charge in [-0.25, -0.2) is 4.98 Å². The SMILES string of the molecule is COc1cccc(-c2c(C)sc3nc(SC(C)C(N)=O)[nH]c(=O)c23)c1. The highest BCUT2D eigenvalue weighted by molar-refractivity contribution is 8.00. The number of hydrogen-bond donors (Lipinski definition) is 2. The topological polar surface area (TPSA) is 98.1 Å². The van der Waals surface area contributed by atoms with E-state index in [2.05, 4.69) is 9.97 Å². The molecule has 0 saturated carbocycles. The minimum absolute atomic E-state index is 0.230. The van der Waals surface area contributed by atoms with Gasteiger partial charge in [-0.2, -0.15) is 0 Å². The van der Waals surface area contributed by atoms with E-state index in [1.807, 2.05) is 31.2 Å². The van der Waals surface area contributed by atoms with E-state index in [4.69, 9.17) is 10.5 Å². The third-order valence-corrected chi connectivity index (χ3v) is 5.77. The first-order valence-corrected chi connectivity index (χ1v) is 9.24. The lowest BCUT2D eigenvalue weighted by Crippen LogP contribution is -2.23. The van der Waals surface area contributed by atoms with Gasteiger partial charge < -0.3 is 15.5 Å². The average molecular weight is 375 g/mol. The number of rotatable bonds is 5. The fourth-order valence-electron chi connectivity index (χ4n) is 2.51. The molecule has 0 spiro atoms. The Morgan fingerprint density at radius 3 is 2.88 bits per heavy atom. The Hall–Kier alpha value is -2.32. The molecule has 2 aromatic heterocycles. The van der Waals surface area contributed by atoms with Crippen molar-refractivity contribution in [1.29, 1.82) is 0 Å². The third-order valence-electron chi connectivity index (χ3n) is 3.76. The Bertz CT molecular complexity index is 1010. The number of aromatic nitrogens is 2. The summed E-state index contributed by atoms with van der Waals surface area (Å²) < 4.78 is 5.28. The molecule has 0 aliphatic heterocycles. The van der Waals surface area contributed by atoms with Gasteiger partial charge in [0.05, 0.1) is 17.7 Å². The summed E-state index contributed by atoms with van der Waals surface area (Å²) in [5.41, 5.74) is 6.80. The van der Waals surface area contributed by atoms with E-state index in [-0.39, 0.29) is 5.56 Å². The number of aryl methyl sites for hydroxylation is 1. The van der Waals surface area contributed by atoms with Gasteiger partial charge in [-0.05, 0) is 31.5 Å². The number of nitrogens with one attached hydrogen (secondary N) is 1. The van der Waals surface area contributed by atoms with Crippen LogP contribution in [-0.4, -0.2) is 28.2 Å². The molecule has 1 amide bonds. The zero-order valence-corrected chi connectivity index (χ0v) is 15.6. The van der Waals surface area contributed by atoms with Crippen molar-refractivity contribution in [1.82, 2.24) is 9.97 Å². The molecule has 0 aliphatic carbocycles. The van der Waals surface area contributed by atoms with E-state index in [9.17, 15) is 9.59 Å². The van der Waals surface area contributed by atoms with E-state index in [0.29, 0.717) is 15.4 Å². The number of amides is 1. The number of H-pyrrole nitrogens is 1. The number of aromatic amines is 1. The first-order chi connectivity index (χ1) is 11.9. The van der Waals surface area contributed by atoms with Gasteiger partial charge in [0.1, 0.15) is 10.6 Å². The quantitative estimate of drug-likeness (QED) is 0.528. The third kappa shape index (κ3) is 3.40. The van der Waals surface area contributed by atoms with Gasteiger partial charge in [0.15, 0.2) is 5.16 Å². The van der Waals surface area contributed by atoms with Gasteiger partial charge in [-0.1, -0.05) is 23.9 Å². The number of thiophene rings is 1. The number of ether oxygens (including phenoxy) is 1. The van der Waals surface area contributed by atoms with Crippen LogP contribution in [-0.2, 0) is 4.79 Å². The first-order valence-electron chi connectivity index (χ1n) is 7.54. The maximum atomic E-state index is 12.7. The monoisotopic (exact) mass is 375 g/mol. The molecule has 3 aromatic rings. The number of hydrogen-bond acceptors (Lipinski definition) is 6. The van der Waals surface area contributed by atoms with Gasteiger partial charge in [-0.15, -0.1) is 11.3 Å². The number of nitrogens with zero attached hydrogens (tertiary/aromatic N) is 1. The van der Waals surface area contributed by atoms with E-state index in [1.165, 1.54) is 11.3 Å². The maximum absolute atomic E-state index is 12.7. The smallest absolute Gasteiger partial charge is 0.260 e. The molecule has 0 fully saturated rings. The Morgan fingerprint density at radius 1 is 1.44 bits per heavy atom. The normalized spacial score (nSPS) is 12.3. The Balaban J connectivity index is 2.14. The van der Waals surface area contributed by atoms with Crippen LogP contribution in [0.4, 0.5) is 0 Å². The zero-order valence-electron chi connectivity index (χ0n) is 14.0. The molecular weight excluding hydrogens is 358 g/mol. The van der Waals surface area contributed by atoms with Crippen LogP contribution in [0.5, 0.6) is 5.75 Å². The lowest BCUT2D eigenvalue weighted by Gasteiger charge is -2.07. The summed E-state index contributed by atoms with van der Waals surface area (Å²) in [6.07, 6.45) is 0. The number of primary amides is 1. The van der Waals surface area contributed by atoms with Crippen molar-refractivity contribution >= 4 is 39.2 Å². The molecule has 130 valence electrons. The predicted octanol–water partition coefficient (Wildman–Crippen LogP) is 2.93. The number of fused-ring (bicyclic) bond motifs is 1. The molecule has 6 nitrogen and oxygen atoms in total. The molecule has 3 N–H and O–H groups in total. The molecule has 3 rings (SSSR count). The molecule has 1 unspecified atom stereocenters. The van der Waals surface area contributed by atoms with Crippen molar-refractivity contribution < 1.29 is 9.53 Å². The fraction of sp³-hybridized carbons (Fsp3) is 0.235. The van der Waals surface area contributed by atoms with Crippen molar-refractivity contribution in [2.24, 2.45) is 5.73 Å². The van der Waals surface area contributed by atoms with Gasteiger partial charge in [0.25, 0.3) is 5.56 Å². The number of thioether (sulfide) groups is 1. The Kier molecular flexibility index (Phi) is 4.82. The standard InChI is InChI=1S/C17H17N3O3S2/c1-8-12(10-5-4-6-11(7-10)23-3)13-15(22)19-17(20-16(13)24-8)25-9(2)14(18)21/h4-7,9H,1-3H3,(H2,18,21)(H,19,20,22). The van der Waals surface area contributed by atoms with Crippen LogP contribution in [0.25, 0.3) is 21.3 Å². The molecule has 0 saturated heterocycles. The van der Waals surface area contributed by atoms with Gasteiger partial charge in [0, 0.05) is 10.4 Å². The highest BCUT2D eigenvalue weighted by Crippen LogP contribution is 2.37. The second kappa shape index (κ2) is 6.89. The molecule has 25 heavy (non-hydrogen) atoms. The van der Waals surface area contributed by atoms with Crippen LogP contribution >= 0.6 is 23.1 Å². The molecule has 2 heterocycles.